The Morgan fingerprint density at radius 3 is 2.67 bits per heavy atom. The highest BCUT2D eigenvalue weighted by Gasteiger charge is 2.27. The number of hydrazone groups is 1. The molecule has 0 spiro atoms. The molecule has 2 aromatic carbocycles. The van der Waals surface area contributed by atoms with Crippen molar-refractivity contribution < 1.29 is 14.4 Å². The van der Waals surface area contributed by atoms with E-state index in [1.54, 1.807) is 30.3 Å². The van der Waals surface area contributed by atoms with E-state index in [4.69, 9.17) is 0 Å². The zero-order valence-electron chi connectivity index (χ0n) is 17.1. The number of aryl methyl sites for hydroxylation is 2. The monoisotopic (exact) mass is 404 g/mol. The number of anilines is 2. The maximum absolute atomic E-state index is 12.9. The normalized spacial score (nSPS) is 13.5. The summed E-state index contributed by atoms with van der Waals surface area (Å²) in [4.78, 5) is 37.7. The molecule has 2 aromatic rings. The number of benzene rings is 2. The molecule has 2 N–H and O–H groups in total. The molecule has 1 aliphatic heterocycles. The van der Waals surface area contributed by atoms with Crippen LogP contribution in [0.4, 0.5) is 11.4 Å². The largest absolute Gasteiger partial charge is 0.349 e. The summed E-state index contributed by atoms with van der Waals surface area (Å²) < 4.78 is 0. The average molecular weight is 404 g/mol. The lowest BCUT2D eigenvalue weighted by atomic mass is 10.1. The molecule has 154 valence electrons. The van der Waals surface area contributed by atoms with Gasteiger partial charge >= 0.3 is 0 Å². The van der Waals surface area contributed by atoms with Crippen molar-refractivity contribution in [1.29, 1.82) is 0 Å². The molecule has 0 aromatic heterocycles. The molecule has 1 heterocycles. The van der Waals surface area contributed by atoms with Crippen LogP contribution in [0.25, 0.3) is 0 Å². The van der Waals surface area contributed by atoms with Crippen LogP contribution in [-0.4, -0.2) is 30.0 Å². The van der Waals surface area contributed by atoms with Crippen LogP contribution in [0.3, 0.4) is 0 Å². The SMILES string of the molecule is C=CCNC(=O)c1ccccc1NC(=O)C1=NN(c2cc(C)ccc2C)C(=O)CC1. The Labute approximate surface area is 175 Å². The van der Waals surface area contributed by atoms with Gasteiger partial charge in [0, 0.05) is 19.4 Å². The molecule has 0 unspecified atom stereocenters. The van der Waals surface area contributed by atoms with Crippen molar-refractivity contribution >= 4 is 34.8 Å². The Bertz CT molecular complexity index is 1040. The molecular formula is C23H24N4O3. The first-order valence-corrected chi connectivity index (χ1v) is 9.68. The number of nitrogens with zero attached hydrogens (tertiary/aromatic N) is 2. The third-order valence-corrected chi connectivity index (χ3v) is 4.71. The summed E-state index contributed by atoms with van der Waals surface area (Å²) in [6.45, 7) is 7.72. The fourth-order valence-corrected chi connectivity index (χ4v) is 3.10. The fraction of sp³-hybridized carbons (Fsp3) is 0.217. The number of amides is 3. The van der Waals surface area contributed by atoms with Crippen LogP contribution in [0, 0.1) is 13.8 Å². The number of carbonyl (C=O) groups is 3. The van der Waals surface area contributed by atoms with Gasteiger partial charge in [-0.1, -0.05) is 30.3 Å². The lowest BCUT2D eigenvalue weighted by Gasteiger charge is -2.25. The number of carbonyl (C=O) groups excluding carboxylic acids is 3. The Hall–Kier alpha value is -3.74. The van der Waals surface area contributed by atoms with E-state index in [0.717, 1.165) is 11.1 Å². The van der Waals surface area contributed by atoms with Gasteiger partial charge in [-0.15, -0.1) is 6.58 Å². The molecule has 3 amide bonds. The minimum Gasteiger partial charge on any atom is -0.349 e. The Kier molecular flexibility index (Phi) is 6.41. The van der Waals surface area contributed by atoms with Crippen molar-refractivity contribution in [2.24, 2.45) is 5.10 Å². The highest BCUT2D eigenvalue weighted by molar-refractivity contribution is 6.44. The van der Waals surface area contributed by atoms with E-state index < -0.39 is 5.91 Å². The zero-order valence-corrected chi connectivity index (χ0v) is 17.1. The number of nitrogens with one attached hydrogen (secondary N) is 2. The minimum atomic E-state index is -0.443. The molecule has 0 saturated carbocycles. The van der Waals surface area contributed by atoms with Gasteiger partial charge in [-0.25, -0.2) is 5.01 Å². The molecule has 0 saturated heterocycles. The van der Waals surface area contributed by atoms with Crippen molar-refractivity contribution in [2.45, 2.75) is 26.7 Å². The second kappa shape index (κ2) is 9.17. The van der Waals surface area contributed by atoms with E-state index in [9.17, 15) is 14.4 Å². The van der Waals surface area contributed by atoms with Gasteiger partial charge in [-0.2, -0.15) is 5.10 Å². The molecule has 0 atom stereocenters. The van der Waals surface area contributed by atoms with Gasteiger partial charge in [0.15, 0.2) is 0 Å². The van der Waals surface area contributed by atoms with E-state index in [1.807, 2.05) is 32.0 Å². The van der Waals surface area contributed by atoms with Gasteiger partial charge in [-0.3, -0.25) is 14.4 Å². The predicted molar refractivity (Wildman–Crippen MR) is 118 cm³/mol. The average Bonchev–Trinajstić information content (AvgIpc) is 2.74. The summed E-state index contributed by atoms with van der Waals surface area (Å²) in [5.41, 5.74) is 3.50. The molecule has 0 bridgehead atoms. The van der Waals surface area contributed by atoms with E-state index >= 15 is 0 Å². The van der Waals surface area contributed by atoms with Crippen molar-refractivity contribution in [3.63, 3.8) is 0 Å². The maximum atomic E-state index is 12.9. The van der Waals surface area contributed by atoms with E-state index in [-0.39, 0.29) is 30.4 Å². The zero-order chi connectivity index (χ0) is 21.7. The predicted octanol–water partition coefficient (Wildman–Crippen LogP) is 3.34. The molecular weight excluding hydrogens is 380 g/mol. The highest BCUT2D eigenvalue weighted by atomic mass is 16.2. The summed E-state index contributed by atoms with van der Waals surface area (Å²) in [6, 6.07) is 12.5. The van der Waals surface area contributed by atoms with Crippen molar-refractivity contribution in [1.82, 2.24) is 5.32 Å². The Morgan fingerprint density at radius 2 is 1.90 bits per heavy atom. The first-order valence-electron chi connectivity index (χ1n) is 9.68. The molecule has 3 rings (SSSR count). The van der Waals surface area contributed by atoms with Gasteiger partial charge in [0.25, 0.3) is 11.8 Å². The quantitative estimate of drug-likeness (QED) is 0.724. The molecule has 0 aliphatic carbocycles. The lowest BCUT2D eigenvalue weighted by molar-refractivity contribution is -0.118. The van der Waals surface area contributed by atoms with Crippen LogP contribution >= 0.6 is 0 Å². The van der Waals surface area contributed by atoms with E-state index in [2.05, 4.69) is 22.3 Å². The Morgan fingerprint density at radius 1 is 1.13 bits per heavy atom. The molecule has 1 aliphatic rings. The Balaban J connectivity index is 1.85. The second-order valence-electron chi connectivity index (χ2n) is 7.04. The summed E-state index contributed by atoms with van der Waals surface area (Å²) in [5, 5.41) is 11.1. The topological polar surface area (TPSA) is 90.9 Å². The molecule has 0 radical (unpaired) electrons. The van der Waals surface area contributed by atoms with Crippen LogP contribution in [0.15, 0.2) is 60.2 Å². The second-order valence-corrected chi connectivity index (χ2v) is 7.04. The van der Waals surface area contributed by atoms with Crippen molar-refractivity contribution in [3.05, 3.63) is 71.8 Å². The molecule has 7 heteroatoms. The number of hydrogen-bond acceptors (Lipinski definition) is 4. The molecule has 0 fully saturated rings. The van der Waals surface area contributed by atoms with Gasteiger partial charge in [0.1, 0.15) is 5.71 Å². The lowest BCUT2D eigenvalue weighted by Crippen LogP contribution is -2.37. The number of hydrogen-bond donors (Lipinski definition) is 2. The van der Waals surface area contributed by atoms with Crippen LogP contribution in [0.5, 0.6) is 0 Å². The van der Waals surface area contributed by atoms with E-state index in [0.29, 0.717) is 23.5 Å². The van der Waals surface area contributed by atoms with Crippen molar-refractivity contribution in [2.75, 3.05) is 16.9 Å². The number of para-hydroxylation sites is 1. The first-order chi connectivity index (χ1) is 14.4. The van der Waals surface area contributed by atoms with Crippen LogP contribution in [0.1, 0.15) is 34.3 Å². The smallest absolute Gasteiger partial charge is 0.271 e. The summed E-state index contributed by atoms with van der Waals surface area (Å²) in [7, 11) is 0. The third kappa shape index (κ3) is 4.63. The molecule has 30 heavy (non-hydrogen) atoms. The standard InChI is InChI=1S/C23H24N4O3/c1-4-13-24-22(29)17-7-5-6-8-18(17)25-23(30)19-11-12-21(28)27(26-19)20-14-15(2)9-10-16(20)3/h4-10,14H,1,11-13H2,2-3H3,(H,24,29)(H,25,30). The van der Waals surface area contributed by atoms with Crippen LogP contribution in [-0.2, 0) is 9.59 Å². The molecule has 7 nitrogen and oxygen atoms in total. The van der Waals surface area contributed by atoms with Crippen LogP contribution in [0.2, 0.25) is 0 Å². The van der Waals surface area contributed by atoms with Gasteiger partial charge in [-0.05, 0) is 43.2 Å². The minimum absolute atomic E-state index is 0.163. The summed E-state index contributed by atoms with van der Waals surface area (Å²) in [6.07, 6.45) is 1.99. The van der Waals surface area contributed by atoms with Gasteiger partial charge < -0.3 is 10.6 Å². The highest BCUT2D eigenvalue weighted by Crippen LogP contribution is 2.26. The fourth-order valence-electron chi connectivity index (χ4n) is 3.10. The first kappa shape index (κ1) is 21.0. The van der Waals surface area contributed by atoms with E-state index in [1.165, 1.54) is 5.01 Å². The third-order valence-electron chi connectivity index (χ3n) is 4.71. The van der Waals surface area contributed by atoms with Crippen molar-refractivity contribution in [3.8, 4) is 0 Å². The summed E-state index contributed by atoms with van der Waals surface area (Å²) in [5.74, 6) is -0.921. The van der Waals surface area contributed by atoms with Crippen LogP contribution < -0.4 is 15.6 Å². The number of rotatable bonds is 6. The summed E-state index contributed by atoms with van der Waals surface area (Å²) >= 11 is 0. The maximum Gasteiger partial charge on any atom is 0.271 e. The van der Waals surface area contributed by atoms with Gasteiger partial charge in [0.2, 0.25) is 5.91 Å². The van der Waals surface area contributed by atoms with Gasteiger partial charge in [0.05, 0.1) is 16.9 Å².